The summed E-state index contributed by atoms with van der Waals surface area (Å²) in [6.45, 7) is 8.30. The van der Waals surface area contributed by atoms with Gasteiger partial charge in [0.2, 0.25) is 0 Å². The number of aliphatic hydroxyl groups is 1. The van der Waals surface area contributed by atoms with Crippen molar-refractivity contribution in [3.05, 3.63) is 29.3 Å². The molecular weight excluding hydrogens is 212 g/mol. The van der Waals surface area contributed by atoms with E-state index >= 15 is 0 Å². The average molecular weight is 234 g/mol. The quantitative estimate of drug-likeness (QED) is 0.851. The van der Waals surface area contributed by atoms with Crippen LogP contribution in [0.4, 0.5) is 0 Å². The minimum absolute atomic E-state index is 0.0254. The highest BCUT2D eigenvalue weighted by Gasteiger charge is 2.42. The summed E-state index contributed by atoms with van der Waals surface area (Å²) in [7, 11) is 0. The largest absolute Gasteiger partial charge is 0.487 e. The molecule has 1 aromatic carbocycles. The maximum Gasteiger partial charge on any atom is 0.125 e. The van der Waals surface area contributed by atoms with E-state index in [0.717, 1.165) is 24.2 Å². The SMILES string of the molecule is Cc1ccc(C)c(OC2CCC(C)(C)C2O)c1. The second-order valence-electron chi connectivity index (χ2n) is 5.90. The van der Waals surface area contributed by atoms with E-state index in [2.05, 4.69) is 32.9 Å². The summed E-state index contributed by atoms with van der Waals surface area (Å²) in [5.74, 6) is 0.909. The first-order valence-corrected chi connectivity index (χ1v) is 6.32. The smallest absolute Gasteiger partial charge is 0.125 e. The van der Waals surface area contributed by atoms with Crippen molar-refractivity contribution in [2.24, 2.45) is 5.41 Å². The van der Waals surface area contributed by atoms with Gasteiger partial charge in [-0.3, -0.25) is 0 Å². The number of benzene rings is 1. The molecule has 0 amide bonds. The zero-order valence-corrected chi connectivity index (χ0v) is 11.2. The summed E-state index contributed by atoms with van der Waals surface area (Å²) in [4.78, 5) is 0. The van der Waals surface area contributed by atoms with Crippen molar-refractivity contribution in [1.82, 2.24) is 0 Å². The van der Waals surface area contributed by atoms with E-state index in [-0.39, 0.29) is 17.6 Å². The highest BCUT2D eigenvalue weighted by atomic mass is 16.5. The van der Waals surface area contributed by atoms with Crippen LogP contribution in [0, 0.1) is 19.3 Å². The van der Waals surface area contributed by atoms with Crippen molar-refractivity contribution in [2.45, 2.75) is 52.7 Å². The highest BCUT2D eigenvalue weighted by molar-refractivity contribution is 5.36. The normalized spacial score (nSPS) is 27.1. The van der Waals surface area contributed by atoms with Gasteiger partial charge in [0, 0.05) is 0 Å². The molecule has 2 unspecified atom stereocenters. The van der Waals surface area contributed by atoms with Crippen molar-refractivity contribution in [3.63, 3.8) is 0 Å². The molecule has 0 aromatic heterocycles. The first kappa shape index (κ1) is 12.4. The Morgan fingerprint density at radius 2 is 2.00 bits per heavy atom. The van der Waals surface area contributed by atoms with E-state index in [1.165, 1.54) is 5.56 Å². The van der Waals surface area contributed by atoms with Crippen molar-refractivity contribution in [3.8, 4) is 5.75 Å². The summed E-state index contributed by atoms with van der Waals surface area (Å²) in [5.41, 5.74) is 2.30. The minimum atomic E-state index is -0.373. The van der Waals surface area contributed by atoms with Gasteiger partial charge < -0.3 is 9.84 Å². The third kappa shape index (κ3) is 2.47. The lowest BCUT2D eigenvalue weighted by Gasteiger charge is -2.26. The summed E-state index contributed by atoms with van der Waals surface area (Å²) in [6.07, 6.45) is 1.51. The van der Waals surface area contributed by atoms with E-state index in [9.17, 15) is 5.11 Å². The molecule has 0 radical (unpaired) electrons. The van der Waals surface area contributed by atoms with Gasteiger partial charge >= 0.3 is 0 Å². The van der Waals surface area contributed by atoms with Gasteiger partial charge in [-0.05, 0) is 49.3 Å². The van der Waals surface area contributed by atoms with Gasteiger partial charge in [-0.1, -0.05) is 26.0 Å². The first-order valence-electron chi connectivity index (χ1n) is 6.32. The van der Waals surface area contributed by atoms with Gasteiger partial charge in [0.25, 0.3) is 0 Å². The predicted octanol–water partition coefficient (Wildman–Crippen LogP) is 3.23. The van der Waals surface area contributed by atoms with E-state index < -0.39 is 0 Å². The molecule has 0 aliphatic heterocycles. The molecule has 2 atom stereocenters. The van der Waals surface area contributed by atoms with Gasteiger partial charge in [-0.2, -0.15) is 0 Å². The molecule has 1 N–H and O–H groups in total. The van der Waals surface area contributed by atoms with Crippen LogP contribution < -0.4 is 4.74 Å². The lowest BCUT2D eigenvalue weighted by molar-refractivity contribution is 0.00466. The Morgan fingerprint density at radius 1 is 1.29 bits per heavy atom. The Balaban J connectivity index is 2.14. The molecule has 0 heterocycles. The molecule has 1 saturated carbocycles. The standard InChI is InChI=1S/C15H22O2/c1-10-5-6-11(2)13(9-10)17-12-7-8-15(3,4)14(12)16/h5-6,9,12,14,16H,7-8H2,1-4H3. The maximum atomic E-state index is 10.2. The monoisotopic (exact) mass is 234 g/mol. The molecule has 1 fully saturated rings. The number of aryl methyl sites for hydroxylation is 2. The van der Waals surface area contributed by atoms with E-state index in [1.54, 1.807) is 0 Å². The topological polar surface area (TPSA) is 29.5 Å². The number of hydrogen-bond donors (Lipinski definition) is 1. The van der Waals surface area contributed by atoms with Gasteiger partial charge in [0.05, 0.1) is 6.10 Å². The Kier molecular flexibility index (Phi) is 3.17. The minimum Gasteiger partial charge on any atom is -0.487 e. The van der Waals surface area contributed by atoms with E-state index in [1.807, 2.05) is 13.0 Å². The van der Waals surface area contributed by atoms with Crippen LogP contribution in [0.5, 0.6) is 5.75 Å². The molecule has 1 aliphatic carbocycles. The van der Waals surface area contributed by atoms with Crippen molar-refractivity contribution in [2.75, 3.05) is 0 Å². The maximum absolute atomic E-state index is 10.2. The van der Waals surface area contributed by atoms with Gasteiger partial charge in [0.15, 0.2) is 0 Å². The highest BCUT2D eigenvalue weighted by Crippen LogP contribution is 2.39. The first-order chi connectivity index (χ1) is 7.90. The fourth-order valence-electron chi connectivity index (χ4n) is 2.44. The molecule has 94 valence electrons. The lowest BCUT2D eigenvalue weighted by Crippen LogP contribution is -2.34. The predicted molar refractivity (Wildman–Crippen MR) is 69.4 cm³/mol. The Labute approximate surface area is 104 Å². The van der Waals surface area contributed by atoms with Crippen molar-refractivity contribution < 1.29 is 9.84 Å². The van der Waals surface area contributed by atoms with Crippen LogP contribution >= 0.6 is 0 Å². The van der Waals surface area contributed by atoms with Crippen LogP contribution in [0.2, 0.25) is 0 Å². The molecule has 17 heavy (non-hydrogen) atoms. The number of ether oxygens (including phenoxy) is 1. The molecule has 0 spiro atoms. The summed E-state index contributed by atoms with van der Waals surface area (Å²) in [6, 6.07) is 6.20. The second-order valence-corrected chi connectivity index (χ2v) is 5.90. The zero-order chi connectivity index (χ0) is 12.6. The average Bonchev–Trinajstić information content (AvgIpc) is 2.51. The molecule has 0 saturated heterocycles. The molecular formula is C15H22O2. The van der Waals surface area contributed by atoms with Crippen LogP contribution in [-0.2, 0) is 0 Å². The van der Waals surface area contributed by atoms with Gasteiger partial charge in [-0.15, -0.1) is 0 Å². The lowest BCUT2D eigenvalue weighted by atomic mass is 9.89. The Bertz CT molecular complexity index is 409. The molecule has 2 rings (SSSR count). The van der Waals surface area contributed by atoms with Crippen LogP contribution in [0.1, 0.15) is 37.8 Å². The number of hydrogen-bond acceptors (Lipinski definition) is 2. The third-order valence-electron chi connectivity index (χ3n) is 3.85. The van der Waals surface area contributed by atoms with Gasteiger partial charge in [0.1, 0.15) is 11.9 Å². The van der Waals surface area contributed by atoms with Crippen molar-refractivity contribution >= 4 is 0 Å². The van der Waals surface area contributed by atoms with E-state index in [0.29, 0.717) is 0 Å². The Morgan fingerprint density at radius 3 is 2.59 bits per heavy atom. The summed E-state index contributed by atoms with van der Waals surface area (Å²) < 4.78 is 5.98. The second kappa shape index (κ2) is 4.34. The van der Waals surface area contributed by atoms with Gasteiger partial charge in [-0.25, -0.2) is 0 Å². The van der Waals surface area contributed by atoms with Crippen LogP contribution in [-0.4, -0.2) is 17.3 Å². The molecule has 1 aromatic rings. The summed E-state index contributed by atoms with van der Waals surface area (Å²) in [5, 5.41) is 10.2. The number of aliphatic hydroxyl groups excluding tert-OH is 1. The fourth-order valence-corrected chi connectivity index (χ4v) is 2.44. The molecule has 0 bridgehead atoms. The van der Waals surface area contributed by atoms with E-state index in [4.69, 9.17) is 4.74 Å². The molecule has 2 heteroatoms. The molecule has 1 aliphatic rings. The fraction of sp³-hybridized carbons (Fsp3) is 0.600. The van der Waals surface area contributed by atoms with Crippen LogP contribution in [0.25, 0.3) is 0 Å². The zero-order valence-electron chi connectivity index (χ0n) is 11.2. The van der Waals surface area contributed by atoms with Crippen molar-refractivity contribution in [1.29, 1.82) is 0 Å². The molecule has 2 nitrogen and oxygen atoms in total. The van der Waals surface area contributed by atoms with Crippen LogP contribution in [0.3, 0.4) is 0 Å². The van der Waals surface area contributed by atoms with Crippen LogP contribution in [0.15, 0.2) is 18.2 Å². The Hall–Kier alpha value is -1.02. The third-order valence-corrected chi connectivity index (χ3v) is 3.85. The summed E-state index contributed by atoms with van der Waals surface area (Å²) >= 11 is 0. The number of rotatable bonds is 2.